The lowest BCUT2D eigenvalue weighted by Gasteiger charge is -2.00. The maximum Gasteiger partial charge on any atom is 0.349 e. The summed E-state index contributed by atoms with van der Waals surface area (Å²) in [4.78, 5) is 23.0. The van der Waals surface area contributed by atoms with Crippen LogP contribution in [0.1, 0.15) is 21.9 Å². The maximum absolute atomic E-state index is 11.2. The number of ether oxygens (including phenoxy) is 1. The highest BCUT2D eigenvalue weighted by molar-refractivity contribution is 7.17. The summed E-state index contributed by atoms with van der Waals surface area (Å²) in [6.45, 7) is 0.787. The van der Waals surface area contributed by atoms with Gasteiger partial charge in [-0.3, -0.25) is 0 Å². The van der Waals surface area contributed by atoms with Gasteiger partial charge in [-0.15, -0.1) is 0 Å². The van der Waals surface area contributed by atoms with Crippen molar-refractivity contribution in [3.05, 3.63) is 29.3 Å². The fraction of sp³-hybridized carbons (Fsp3) is 0.364. The van der Waals surface area contributed by atoms with Gasteiger partial charge >= 0.3 is 5.97 Å². The molecule has 0 atom stereocenters. The molecule has 7 heteroatoms. The summed E-state index contributed by atoms with van der Waals surface area (Å²) in [6, 6.07) is 0. The molecule has 6 nitrogen and oxygen atoms in total. The molecule has 0 aliphatic rings. The van der Waals surface area contributed by atoms with Gasteiger partial charge in [0.2, 0.25) is 0 Å². The van der Waals surface area contributed by atoms with Gasteiger partial charge in [0.15, 0.2) is 5.13 Å². The highest BCUT2D eigenvalue weighted by Gasteiger charge is 2.09. The minimum Gasteiger partial charge on any atom is -0.465 e. The summed E-state index contributed by atoms with van der Waals surface area (Å²) in [5.41, 5.74) is 0. The predicted molar refractivity (Wildman–Crippen MR) is 68.9 cm³/mol. The fourth-order valence-electron chi connectivity index (χ4n) is 1.44. The van der Waals surface area contributed by atoms with Crippen LogP contribution in [-0.4, -0.2) is 34.6 Å². The number of imidazole rings is 1. The Morgan fingerprint density at radius 3 is 3.17 bits per heavy atom. The first-order valence-electron chi connectivity index (χ1n) is 5.56. The Hall–Kier alpha value is -1.89. The smallest absolute Gasteiger partial charge is 0.349 e. The standard InChI is InChI=1S/C11H14N4O2S/c1-17-10(16)8-7-15-11(18-8)14-4-2-3-9-12-5-6-13-9/h5-7H,2-4H2,1H3,(H,12,13)(H,14,15). The molecule has 2 aromatic rings. The lowest BCUT2D eigenvalue weighted by Crippen LogP contribution is -2.03. The van der Waals surface area contributed by atoms with Gasteiger partial charge in [0.25, 0.3) is 0 Å². The van der Waals surface area contributed by atoms with Crippen LogP contribution in [0.2, 0.25) is 0 Å². The van der Waals surface area contributed by atoms with Gasteiger partial charge in [0.1, 0.15) is 10.7 Å². The molecule has 0 amide bonds. The molecule has 18 heavy (non-hydrogen) atoms. The third-order valence-electron chi connectivity index (χ3n) is 2.31. The molecule has 2 rings (SSSR count). The van der Waals surface area contributed by atoms with E-state index in [0.717, 1.165) is 30.3 Å². The predicted octanol–water partition coefficient (Wildman–Crippen LogP) is 1.70. The van der Waals surface area contributed by atoms with E-state index in [1.165, 1.54) is 24.6 Å². The summed E-state index contributed by atoms with van der Waals surface area (Å²) < 4.78 is 4.62. The van der Waals surface area contributed by atoms with E-state index in [4.69, 9.17) is 0 Å². The lowest BCUT2D eigenvalue weighted by atomic mass is 10.3. The topological polar surface area (TPSA) is 79.9 Å². The second-order valence-electron chi connectivity index (χ2n) is 3.59. The summed E-state index contributed by atoms with van der Waals surface area (Å²) in [6.07, 6.45) is 6.90. The van der Waals surface area contributed by atoms with Crippen LogP contribution in [0.5, 0.6) is 0 Å². The van der Waals surface area contributed by atoms with Gasteiger partial charge in [-0.25, -0.2) is 14.8 Å². The van der Waals surface area contributed by atoms with Crippen LogP contribution in [-0.2, 0) is 11.2 Å². The molecule has 0 aliphatic heterocycles. The Morgan fingerprint density at radius 2 is 2.44 bits per heavy atom. The van der Waals surface area contributed by atoms with Crippen LogP contribution in [0.25, 0.3) is 0 Å². The monoisotopic (exact) mass is 266 g/mol. The van der Waals surface area contributed by atoms with Gasteiger partial charge in [-0.05, 0) is 6.42 Å². The SMILES string of the molecule is COC(=O)c1cnc(NCCCc2ncc[nH]2)s1. The van der Waals surface area contributed by atoms with Crippen molar-refractivity contribution in [2.24, 2.45) is 0 Å². The molecule has 2 heterocycles. The zero-order chi connectivity index (χ0) is 12.8. The number of nitrogens with one attached hydrogen (secondary N) is 2. The van der Waals surface area contributed by atoms with Gasteiger partial charge in [-0.2, -0.15) is 0 Å². The Morgan fingerprint density at radius 1 is 1.56 bits per heavy atom. The molecule has 0 bridgehead atoms. The number of carbonyl (C=O) groups excluding carboxylic acids is 1. The number of esters is 1. The number of H-pyrrole nitrogens is 1. The largest absolute Gasteiger partial charge is 0.465 e. The number of rotatable bonds is 6. The zero-order valence-corrected chi connectivity index (χ0v) is 10.8. The number of thiazole rings is 1. The second-order valence-corrected chi connectivity index (χ2v) is 4.62. The number of aromatic amines is 1. The van der Waals surface area contributed by atoms with E-state index in [-0.39, 0.29) is 5.97 Å². The second kappa shape index (κ2) is 6.15. The van der Waals surface area contributed by atoms with Crippen molar-refractivity contribution in [1.29, 1.82) is 0 Å². The van der Waals surface area contributed by atoms with E-state index in [1.54, 1.807) is 6.20 Å². The first-order valence-corrected chi connectivity index (χ1v) is 6.37. The molecule has 0 spiro atoms. The minimum atomic E-state index is -0.351. The number of methoxy groups -OCH3 is 1. The quantitative estimate of drug-likeness (QED) is 0.614. The molecule has 0 fully saturated rings. The van der Waals surface area contributed by atoms with Crippen molar-refractivity contribution in [2.75, 3.05) is 19.0 Å². The average Bonchev–Trinajstić information content (AvgIpc) is 3.05. The summed E-state index contributed by atoms with van der Waals surface area (Å²) >= 11 is 1.29. The first-order chi connectivity index (χ1) is 8.79. The van der Waals surface area contributed by atoms with Crippen LogP contribution in [0, 0.1) is 0 Å². The van der Waals surface area contributed by atoms with Gasteiger partial charge < -0.3 is 15.0 Å². The summed E-state index contributed by atoms with van der Waals surface area (Å²) in [5.74, 6) is 0.627. The Kier molecular flexibility index (Phi) is 4.30. The van der Waals surface area contributed by atoms with Crippen molar-refractivity contribution in [1.82, 2.24) is 15.0 Å². The molecule has 2 aromatic heterocycles. The van der Waals surface area contributed by atoms with E-state index in [2.05, 4.69) is 25.0 Å². The van der Waals surface area contributed by atoms with Gasteiger partial charge in [0.05, 0.1) is 13.3 Å². The van der Waals surface area contributed by atoms with E-state index < -0.39 is 0 Å². The minimum absolute atomic E-state index is 0.351. The van der Waals surface area contributed by atoms with Crippen LogP contribution >= 0.6 is 11.3 Å². The lowest BCUT2D eigenvalue weighted by molar-refractivity contribution is 0.0606. The average molecular weight is 266 g/mol. The molecule has 0 radical (unpaired) electrons. The number of carbonyl (C=O) groups is 1. The van der Waals surface area contributed by atoms with Crippen LogP contribution < -0.4 is 5.32 Å². The van der Waals surface area contributed by atoms with Crippen molar-refractivity contribution in [2.45, 2.75) is 12.8 Å². The van der Waals surface area contributed by atoms with Crippen molar-refractivity contribution in [3.63, 3.8) is 0 Å². The third kappa shape index (κ3) is 3.30. The zero-order valence-electron chi connectivity index (χ0n) is 9.97. The summed E-state index contributed by atoms with van der Waals surface area (Å²) in [7, 11) is 1.36. The number of nitrogens with zero attached hydrogens (tertiary/aromatic N) is 2. The molecule has 0 aliphatic carbocycles. The molecule has 96 valence electrons. The Balaban J connectivity index is 1.73. The van der Waals surface area contributed by atoms with E-state index in [9.17, 15) is 4.79 Å². The third-order valence-corrected chi connectivity index (χ3v) is 3.25. The number of anilines is 1. The number of hydrogen-bond donors (Lipinski definition) is 2. The van der Waals surface area contributed by atoms with Crippen LogP contribution in [0.4, 0.5) is 5.13 Å². The number of hydrogen-bond acceptors (Lipinski definition) is 6. The highest BCUT2D eigenvalue weighted by Crippen LogP contribution is 2.18. The van der Waals surface area contributed by atoms with Crippen LogP contribution in [0.15, 0.2) is 18.6 Å². The molecular formula is C11H14N4O2S. The normalized spacial score (nSPS) is 10.3. The molecule has 0 saturated heterocycles. The van der Waals surface area contributed by atoms with E-state index in [1.807, 2.05) is 6.20 Å². The molecular weight excluding hydrogens is 252 g/mol. The maximum atomic E-state index is 11.2. The van der Waals surface area contributed by atoms with Crippen molar-refractivity contribution < 1.29 is 9.53 Å². The van der Waals surface area contributed by atoms with Crippen LogP contribution in [0.3, 0.4) is 0 Å². The fourth-order valence-corrected chi connectivity index (χ4v) is 2.20. The van der Waals surface area contributed by atoms with E-state index >= 15 is 0 Å². The van der Waals surface area contributed by atoms with E-state index in [0.29, 0.717) is 4.88 Å². The van der Waals surface area contributed by atoms with Crippen molar-refractivity contribution in [3.8, 4) is 0 Å². The molecule has 0 saturated carbocycles. The summed E-state index contributed by atoms with van der Waals surface area (Å²) in [5, 5.41) is 3.90. The molecule has 2 N–H and O–H groups in total. The highest BCUT2D eigenvalue weighted by atomic mass is 32.1. The Labute approximate surface area is 108 Å². The molecule has 0 unspecified atom stereocenters. The van der Waals surface area contributed by atoms with Gasteiger partial charge in [0, 0.05) is 25.4 Å². The number of aryl methyl sites for hydroxylation is 1. The molecule has 0 aromatic carbocycles. The van der Waals surface area contributed by atoms with Gasteiger partial charge in [-0.1, -0.05) is 11.3 Å². The Bertz CT molecular complexity index is 495. The van der Waals surface area contributed by atoms with Crippen molar-refractivity contribution >= 4 is 22.4 Å². The number of aromatic nitrogens is 3. The first kappa shape index (κ1) is 12.6.